The second-order valence-electron chi connectivity index (χ2n) is 2.91. The van der Waals surface area contributed by atoms with E-state index in [2.05, 4.69) is 15.9 Å². The summed E-state index contributed by atoms with van der Waals surface area (Å²) in [4.78, 5) is 0. The van der Waals surface area contributed by atoms with Gasteiger partial charge in [0.25, 0.3) is 0 Å². The van der Waals surface area contributed by atoms with Gasteiger partial charge in [-0.15, -0.1) is 0 Å². The van der Waals surface area contributed by atoms with Crippen molar-refractivity contribution in [1.29, 1.82) is 5.26 Å². The molecule has 0 aromatic carbocycles. The summed E-state index contributed by atoms with van der Waals surface area (Å²) in [7, 11) is 2.02. The molecular weight excluding hydrogens is 152 g/mol. The lowest BCUT2D eigenvalue weighted by molar-refractivity contribution is -0.514. The standard InChI is InChI=1S/C8H9N4/c1-11-2-3-12-8(6-11)4-7(5-9)10-12/h2,4H,3,6H2,1H3/q+1. The van der Waals surface area contributed by atoms with E-state index >= 15 is 0 Å². The first kappa shape index (κ1) is 7.04. The molecule has 2 heterocycles. The summed E-state index contributed by atoms with van der Waals surface area (Å²) in [6, 6.07) is 3.87. The van der Waals surface area contributed by atoms with E-state index in [1.807, 2.05) is 23.9 Å². The van der Waals surface area contributed by atoms with Crippen LogP contribution in [0.1, 0.15) is 11.4 Å². The molecule has 0 N–H and O–H groups in total. The van der Waals surface area contributed by atoms with Gasteiger partial charge in [0.1, 0.15) is 25.4 Å². The van der Waals surface area contributed by atoms with Crippen LogP contribution >= 0.6 is 0 Å². The average Bonchev–Trinajstić information content (AvgIpc) is 2.46. The smallest absolute Gasteiger partial charge is 0.184 e. The lowest BCUT2D eigenvalue weighted by atomic mass is 10.3. The average molecular weight is 161 g/mol. The molecule has 4 nitrogen and oxygen atoms in total. The molecule has 2 rings (SSSR count). The highest BCUT2D eigenvalue weighted by Crippen LogP contribution is 2.06. The van der Waals surface area contributed by atoms with Gasteiger partial charge in [-0.25, -0.2) is 4.58 Å². The van der Waals surface area contributed by atoms with Crippen LogP contribution in [0.4, 0.5) is 0 Å². The van der Waals surface area contributed by atoms with Gasteiger partial charge in [0, 0.05) is 6.07 Å². The van der Waals surface area contributed by atoms with Crippen molar-refractivity contribution in [3.8, 4) is 6.07 Å². The molecule has 0 saturated carbocycles. The number of aromatic nitrogens is 2. The van der Waals surface area contributed by atoms with Gasteiger partial charge in [-0.2, -0.15) is 10.4 Å². The SMILES string of the molecule is C[N+]1=CCn2nc(C#N)cc2C1. The Hall–Kier alpha value is -1.63. The normalized spacial score (nSPS) is 14.8. The van der Waals surface area contributed by atoms with Crippen molar-refractivity contribution in [3.05, 3.63) is 17.5 Å². The molecule has 0 radical (unpaired) electrons. The second kappa shape index (κ2) is 2.45. The van der Waals surface area contributed by atoms with Crippen molar-refractivity contribution < 1.29 is 4.58 Å². The van der Waals surface area contributed by atoms with Crippen LogP contribution in [-0.4, -0.2) is 27.6 Å². The van der Waals surface area contributed by atoms with Crippen LogP contribution in [-0.2, 0) is 13.1 Å². The van der Waals surface area contributed by atoms with Crippen LogP contribution in [0.3, 0.4) is 0 Å². The Balaban J connectivity index is 2.41. The maximum atomic E-state index is 8.60. The van der Waals surface area contributed by atoms with Crippen LogP contribution < -0.4 is 0 Å². The van der Waals surface area contributed by atoms with Gasteiger partial charge in [0.2, 0.25) is 0 Å². The van der Waals surface area contributed by atoms with E-state index in [4.69, 9.17) is 5.26 Å². The third-order valence-corrected chi connectivity index (χ3v) is 1.96. The first-order valence-corrected chi connectivity index (χ1v) is 3.80. The first-order valence-electron chi connectivity index (χ1n) is 3.80. The van der Waals surface area contributed by atoms with E-state index in [0.717, 1.165) is 18.8 Å². The zero-order valence-corrected chi connectivity index (χ0v) is 6.86. The molecule has 0 unspecified atom stereocenters. The summed E-state index contributed by atoms with van der Waals surface area (Å²) >= 11 is 0. The fourth-order valence-electron chi connectivity index (χ4n) is 1.33. The topological polar surface area (TPSA) is 44.6 Å². The van der Waals surface area contributed by atoms with E-state index in [1.165, 1.54) is 0 Å². The zero-order chi connectivity index (χ0) is 8.55. The van der Waals surface area contributed by atoms with Gasteiger partial charge in [-0.1, -0.05) is 0 Å². The summed E-state index contributed by atoms with van der Waals surface area (Å²) in [5, 5.41) is 12.7. The maximum absolute atomic E-state index is 8.60. The fraction of sp³-hybridized carbons (Fsp3) is 0.375. The fourth-order valence-corrected chi connectivity index (χ4v) is 1.33. The summed E-state index contributed by atoms with van der Waals surface area (Å²) in [5.41, 5.74) is 1.62. The molecule has 1 aliphatic rings. The second-order valence-corrected chi connectivity index (χ2v) is 2.91. The van der Waals surface area contributed by atoms with Crippen LogP contribution in [0, 0.1) is 11.3 Å². The number of rotatable bonds is 0. The van der Waals surface area contributed by atoms with Crippen molar-refractivity contribution in [2.75, 3.05) is 7.05 Å². The molecule has 1 aromatic rings. The molecule has 0 amide bonds. The summed E-state index contributed by atoms with van der Waals surface area (Å²) in [6.07, 6.45) is 2.06. The largest absolute Gasteiger partial charge is 0.252 e. The van der Waals surface area contributed by atoms with Gasteiger partial charge in [-0.3, -0.25) is 4.68 Å². The van der Waals surface area contributed by atoms with Crippen molar-refractivity contribution in [1.82, 2.24) is 9.78 Å². The highest BCUT2D eigenvalue weighted by molar-refractivity contribution is 5.52. The van der Waals surface area contributed by atoms with Gasteiger partial charge >= 0.3 is 0 Å². The van der Waals surface area contributed by atoms with Crippen molar-refractivity contribution >= 4 is 6.21 Å². The molecule has 0 spiro atoms. The zero-order valence-electron chi connectivity index (χ0n) is 6.86. The Morgan fingerprint density at radius 2 is 2.58 bits per heavy atom. The number of hydrogen-bond donors (Lipinski definition) is 0. The lowest BCUT2D eigenvalue weighted by Crippen LogP contribution is -2.21. The molecule has 12 heavy (non-hydrogen) atoms. The van der Waals surface area contributed by atoms with Crippen molar-refractivity contribution in [3.63, 3.8) is 0 Å². The molecule has 1 aromatic heterocycles. The molecule has 60 valence electrons. The van der Waals surface area contributed by atoms with E-state index in [-0.39, 0.29) is 0 Å². The number of nitriles is 1. The van der Waals surface area contributed by atoms with E-state index < -0.39 is 0 Å². The van der Waals surface area contributed by atoms with E-state index in [9.17, 15) is 0 Å². The Morgan fingerprint density at radius 3 is 3.33 bits per heavy atom. The molecule has 0 aliphatic carbocycles. The predicted octanol–water partition coefficient (Wildman–Crippen LogP) is -0.0185. The minimum Gasteiger partial charge on any atom is -0.252 e. The summed E-state index contributed by atoms with van der Waals surface area (Å²) in [5.74, 6) is 0. The molecule has 0 saturated heterocycles. The molecule has 4 heteroatoms. The predicted molar refractivity (Wildman–Crippen MR) is 42.9 cm³/mol. The first-order chi connectivity index (χ1) is 5.79. The minimum atomic E-state index is 0.508. The van der Waals surface area contributed by atoms with Crippen LogP contribution in [0.2, 0.25) is 0 Å². The minimum absolute atomic E-state index is 0.508. The summed E-state index contributed by atoms with van der Waals surface area (Å²) < 4.78 is 3.96. The number of fused-ring (bicyclic) bond motifs is 1. The molecular formula is C8H9N4+. The Kier molecular flexibility index (Phi) is 1.44. The number of hydrogen-bond acceptors (Lipinski definition) is 2. The van der Waals surface area contributed by atoms with Crippen LogP contribution in [0.5, 0.6) is 0 Å². The molecule has 0 bridgehead atoms. The van der Waals surface area contributed by atoms with Gasteiger partial charge in [-0.05, 0) is 0 Å². The van der Waals surface area contributed by atoms with Gasteiger partial charge in [0.05, 0.1) is 0 Å². The summed E-state index contributed by atoms with van der Waals surface area (Å²) in [6.45, 7) is 1.61. The molecule has 0 fully saturated rings. The van der Waals surface area contributed by atoms with E-state index in [0.29, 0.717) is 5.69 Å². The quantitative estimate of drug-likeness (QED) is 0.502. The van der Waals surface area contributed by atoms with Crippen LogP contribution in [0.25, 0.3) is 0 Å². The Labute approximate surface area is 70.4 Å². The van der Waals surface area contributed by atoms with E-state index in [1.54, 1.807) is 0 Å². The molecule has 1 aliphatic heterocycles. The van der Waals surface area contributed by atoms with Gasteiger partial charge < -0.3 is 0 Å². The monoisotopic (exact) mass is 161 g/mol. The third-order valence-electron chi connectivity index (χ3n) is 1.96. The maximum Gasteiger partial charge on any atom is 0.184 e. The highest BCUT2D eigenvalue weighted by Gasteiger charge is 2.15. The molecule has 0 atom stereocenters. The highest BCUT2D eigenvalue weighted by atomic mass is 15.3. The Morgan fingerprint density at radius 1 is 1.75 bits per heavy atom. The van der Waals surface area contributed by atoms with Crippen LogP contribution in [0.15, 0.2) is 6.07 Å². The Bertz CT molecular complexity index is 380. The van der Waals surface area contributed by atoms with Crippen molar-refractivity contribution in [2.24, 2.45) is 0 Å². The van der Waals surface area contributed by atoms with Crippen molar-refractivity contribution in [2.45, 2.75) is 13.1 Å². The van der Waals surface area contributed by atoms with Gasteiger partial charge in [0.15, 0.2) is 18.5 Å². The lowest BCUT2D eigenvalue weighted by Gasteiger charge is -2.06. The third kappa shape index (κ3) is 0.996. The number of nitrogens with zero attached hydrogens (tertiary/aromatic N) is 4.